The van der Waals surface area contributed by atoms with E-state index in [1.807, 2.05) is 11.8 Å². The summed E-state index contributed by atoms with van der Waals surface area (Å²) in [5.74, 6) is 0.136. The van der Waals surface area contributed by atoms with Crippen molar-refractivity contribution in [3.05, 3.63) is 39.8 Å². The van der Waals surface area contributed by atoms with Crippen LogP contribution in [0.15, 0.2) is 29.2 Å². The van der Waals surface area contributed by atoms with E-state index < -0.39 is 10.0 Å². The van der Waals surface area contributed by atoms with Gasteiger partial charge >= 0.3 is 0 Å². The zero-order chi connectivity index (χ0) is 18.9. The van der Waals surface area contributed by atoms with E-state index in [0.717, 1.165) is 27.2 Å². The van der Waals surface area contributed by atoms with Gasteiger partial charge in [-0.05, 0) is 44.0 Å². The fraction of sp³-hybridized carbons (Fsp3) is 0.471. The molecule has 0 N–H and O–H groups in total. The number of amides is 1. The van der Waals surface area contributed by atoms with Crippen molar-refractivity contribution in [1.29, 1.82) is 0 Å². The lowest BCUT2D eigenvalue weighted by molar-refractivity contribution is 0.0706. The summed E-state index contributed by atoms with van der Waals surface area (Å²) in [5, 5.41) is 10.2. The van der Waals surface area contributed by atoms with Crippen molar-refractivity contribution in [1.82, 2.24) is 19.4 Å². The lowest BCUT2D eigenvalue weighted by Gasteiger charge is -2.31. The quantitative estimate of drug-likeness (QED) is 0.793. The van der Waals surface area contributed by atoms with Gasteiger partial charge in [-0.2, -0.15) is 0 Å². The number of sulfonamides is 1. The summed E-state index contributed by atoms with van der Waals surface area (Å²) < 4.78 is 25.4. The minimum absolute atomic E-state index is 0.0789. The Morgan fingerprint density at radius 1 is 1.23 bits per heavy atom. The average molecular weight is 395 g/mol. The van der Waals surface area contributed by atoms with Gasteiger partial charge in [0.1, 0.15) is 10.0 Å². The van der Waals surface area contributed by atoms with Crippen molar-refractivity contribution in [2.24, 2.45) is 0 Å². The number of nitrogens with zero attached hydrogens (tertiary/aromatic N) is 4. The smallest absolute Gasteiger partial charge is 0.253 e. The van der Waals surface area contributed by atoms with Crippen LogP contribution in [0.25, 0.3) is 0 Å². The third kappa shape index (κ3) is 3.79. The molecular formula is C17H22N4O3S2. The summed E-state index contributed by atoms with van der Waals surface area (Å²) in [4.78, 5) is 14.8. The first-order chi connectivity index (χ1) is 12.3. The van der Waals surface area contributed by atoms with E-state index in [0.29, 0.717) is 18.7 Å². The Hall–Kier alpha value is -1.84. The van der Waals surface area contributed by atoms with E-state index in [4.69, 9.17) is 0 Å². The number of likely N-dealkylation sites (tertiary alicyclic amines) is 1. The Bertz CT molecular complexity index is 891. The van der Waals surface area contributed by atoms with E-state index in [1.54, 1.807) is 23.5 Å². The number of rotatable bonds is 4. The number of benzene rings is 1. The topological polar surface area (TPSA) is 83.5 Å². The molecule has 1 aromatic carbocycles. The van der Waals surface area contributed by atoms with Crippen LogP contribution in [0.1, 0.15) is 39.1 Å². The first-order valence-corrected chi connectivity index (χ1v) is 10.7. The molecule has 1 aliphatic rings. The fourth-order valence-electron chi connectivity index (χ4n) is 3.00. The van der Waals surface area contributed by atoms with Crippen molar-refractivity contribution >= 4 is 27.3 Å². The van der Waals surface area contributed by atoms with Crippen LogP contribution < -0.4 is 0 Å². The normalized spacial score (nSPS) is 18.3. The number of aromatic nitrogens is 2. The summed E-state index contributed by atoms with van der Waals surface area (Å²) in [7, 11) is -0.525. The van der Waals surface area contributed by atoms with Gasteiger partial charge in [0.15, 0.2) is 0 Å². The second-order valence-corrected chi connectivity index (χ2v) is 9.93. The standard InChI is InChI=1S/C17H22N4O3S2/c1-12-18-19-16(25-12)14-5-4-10-21(11-14)17(22)13-6-8-15(9-7-13)26(23,24)20(2)3/h6-9,14H,4-5,10-11H2,1-3H3/t14-/m1/s1. The van der Waals surface area contributed by atoms with Gasteiger partial charge in [-0.15, -0.1) is 21.5 Å². The summed E-state index contributed by atoms with van der Waals surface area (Å²) in [5.41, 5.74) is 0.497. The SMILES string of the molecule is Cc1nnc([C@@H]2CCCN(C(=O)c3ccc(S(=O)(=O)N(C)C)cc3)C2)s1. The van der Waals surface area contributed by atoms with Crippen molar-refractivity contribution in [2.45, 2.75) is 30.6 Å². The van der Waals surface area contributed by atoms with Gasteiger partial charge in [-0.25, -0.2) is 12.7 Å². The van der Waals surface area contributed by atoms with Gasteiger partial charge < -0.3 is 4.90 Å². The number of aryl methyl sites for hydroxylation is 1. The van der Waals surface area contributed by atoms with Gasteiger partial charge in [0.2, 0.25) is 10.0 Å². The number of carbonyl (C=O) groups excluding carboxylic acids is 1. The molecule has 0 unspecified atom stereocenters. The van der Waals surface area contributed by atoms with Crippen molar-refractivity contribution in [3.63, 3.8) is 0 Å². The highest BCUT2D eigenvalue weighted by atomic mass is 32.2. The number of hydrogen-bond acceptors (Lipinski definition) is 6. The minimum atomic E-state index is -3.49. The highest BCUT2D eigenvalue weighted by Gasteiger charge is 2.28. The van der Waals surface area contributed by atoms with Gasteiger partial charge in [0.05, 0.1) is 4.90 Å². The zero-order valence-electron chi connectivity index (χ0n) is 15.0. The molecule has 0 spiro atoms. The molecule has 1 saturated heterocycles. The second kappa shape index (κ2) is 7.42. The molecule has 0 radical (unpaired) electrons. The van der Waals surface area contributed by atoms with Gasteiger partial charge in [-0.1, -0.05) is 0 Å². The summed E-state index contributed by atoms with van der Waals surface area (Å²) in [6, 6.07) is 6.13. The van der Waals surface area contributed by atoms with Crippen LogP contribution in [0.5, 0.6) is 0 Å². The van der Waals surface area contributed by atoms with Crippen LogP contribution in [-0.2, 0) is 10.0 Å². The first-order valence-electron chi connectivity index (χ1n) is 8.41. The molecule has 2 heterocycles. The molecule has 1 amide bonds. The lowest BCUT2D eigenvalue weighted by Crippen LogP contribution is -2.39. The third-order valence-electron chi connectivity index (χ3n) is 4.48. The predicted octanol–water partition coefficient (Wildman–Crippen LogP) is 2.12. The molecule has 1 aliphatic heterocycles. The Morgan fingerprint density at radius 3 is 2.50 bits per heavy atom. The first kappa shape index (κ1) is 18.9. The predicted molar refractivity (Wildman–Crippen MR) is 99.8 cm³/mol. The fourth-order valence-corrected chi connectivity index (χ4v) is 4.73. The molecule has 0 bridgehead atoms. The third-order valence-corrected chi connectivity index (χ3v) is 7.31. The highest BCUT2D eigenvalue weighted by molar-refractivity contribution is 7.89. The van der Waals surface area contributed by atoms with E-state index in [1.165, 1.54) is 26.2 Å². The van der Waals surface area contributed by atoms with E-state index >= 15 is 0 Å². The summed E-state index contributed by atoms with van der Waals surface area (Å²) in [6.45, 7) is 3.24. The maximum Gasteiger partial charge on any atom is 0.253 e. The van der Waals surface area contributed by atoms with Crippen molar-refractivity contribution in [3.8, 4) is 0 Å². The maximum atomic E-state index is 12.8. The Morgan fingerprint density at radius 2 is 1.92 bits per heavy atom. The van der Waals surface area contributed by atoms with E-state index in [-0.39, 0.29) is 16.7 Å². The molecule has 1 atom stereocenters. The van der Waals surface area contributed by atoms with Crippen molar-refractivity contribution in [2.75, 3.05) is 27.2 Å². The number of hydrogen-bond donors (Lipinski definition) is 0. The molecule has 140 valence electrons. The van der Waals surface area contributed by atoms with Gasteiger partial charge in [0, 0.05) is 38.7 Å². The summed E-state index contributed by atoms with van der Waals surface area (Å²) >= 11 is 1.58. The molecule has 0 aliphatic carbocycles. The molecule has 1 aromatic heterocycles. The lowest BCUT2D eigenvalue weighted by atomic mass is 9.98. The van der Waals surface area contributed by atoms with Crippen LogP contribution in [0.2, 0.25) is 0 Å². The van der Waals surface area contributed by atoms with Crippen LogP contribution in [0.3, 0.4) is 0 Å². The van der Waals surface area contributed by atoms with Gasteiger partial charge in [0.25, 0.3) is 5.91 Å². The molecule has 3 rings (SSSR count). The molecule has 1 fully saturated rings. The van der Waals surface area contributed by atoms with Gasteiger partial charge in [-0.3, -0.25) is 4.79 Å². The zero-order valence-corrected chi connectivity index (χ0v) is 16.7. The monoisotopic (exact) mass is 394 g/mol. The highest BCUT2D eigenvalue weighted by Crippen LogP contribution is 2.29. The van der Waals surface area contributed by atoms with Crippen LogP contribution in [-0.4, -0.2) is 60.9 Å². The number of carbonyl (C=O) groups is 1. The molecule has 0 saturated carbocycles. The van der Waals surface area contributed by atoms with Crippen LogP contribution in [0, 0.1) is 6.92 Å². The average Bonchev–Trinajstić information content (AvgIpc) is 3.07. The molecule has 26 heavy (non-hydrogen) atoms. The second-order valence-electron chi connectivity index (χ2n) is 6.56. The molecule has 9 heteroatoms. The molecular weight excluding hydrogens is 372 g/mol. The minimum Gasteiger partial charge on any atom is -0.338 e. The van der Waals surface area contributed by atoms with E-state index in [2.05, 4.69) is 10.2 Å². The largest absolute Gasteiger partial charge is 0.338 e. The van der Waals surface area contributed by atoms with E-state index in [9.17, 15) is 13.2 Å². The summed E-state index contributed by atoms with van der Waals surface area (Å²) in [6.07, 6.45) is 1.92. The number of piperidine rings is 1. The maximum absolute atomic E-state index is 12.8. The molecule has 7 nitrogen and oxygen atoms in total. The Kier molecular flexibility index (Phi) is 5.40. The van der Waals surface area contributed by atoms with Crippen LogP contribution in [0.4, 0.5) is 0 Å². The Balaban J connectivity index is 1.74. The van der Waals surface area contributed by atoms with Crippen LogP contribution >= 0.6 is 11.3 Å². The van der Waals surface area contributed by atoms with Crippen molar-refractivity contribution < 1.29 is 13.2 Å². The Labute approximate surface area is 157 Å². The molecule has 2 aromatic rings.